The van der Waals surface area contributed by atoms with Gasteiger partial charge in [0.1, 0.15) is 0 Å². The average Bonchev–Trinajstić information content (AvgIpc) is 2.25. The third kappa shape index (κ3) is 5.92. The van der Waals surface area contributed by atoms with Crippen LogP contribution in [-0.2, 0) is 4.57 Å². The maximum atomic E-state index is 10.9. The van der Waals surface area contributed by atoms with Gasteiger partial charge in [-0.15, -0.1) is 0 Å². The van der Waals surface area contributed by atoms with Crippen LogP contribution in [0.15, 0.2) is 30.5 Å². The summed E-state index contributed by atoms with van der Waals surface area (Å²) in [6.07, 6.45) is 1.10. The second-order valence-corrected chi connectivity index (χ2v) is 7.31. The number of fused-ring (bicyclic) bond motifs is 1. The van der Waals surface area contributed by atoms with Crippen molar-refractivity contribution in [3.63, 3.8) is 0 Å². The van der Waals surface area contributed by atoms with Crippen LogP contribution in [0, 0.1) is 5.41 Å². The van der Waals surface area contributed by atoms with E-state index in [0.717, 1.165) is 6.20 Å². The maximum Gasteiger partial charge on any atom is 0.376 e. The summed E-state index contributed by atoms with van der Waals surface area (Å²) in [5.41, 5.74) is 1.30. The molecule has 0 unspecified atom stereocenters. The van der Waals surface area contributed by atoms with E-state index in [1.54, 1.807) is 24.3 Å². The van der Waals surface area contributed by atoms with E-state index in [2.05, 4.69) is 37.7 Å². The molecule has 0 atom stereocenters. The van der Waals surface area contributed by atoms with Crippen LogP contribution in [0.3, 0.4) is 0 Å². The minimum Gasteiger partial charge on any atom is -0.320 e. The zero-order chi connectivity index (χ0) is 14.7. The molecule has 0 aliphatic carbocycles. The standard InChI is InChI=1S/C8H7N2O3P.C5H12/c11-14(12,13)8-5-9-6-3-1-2-4-7(6)10-8;1-5(2,3)4/h1-5H,(H2,11,12,13);1-4H3. The first-order valence-electron chi connectivity index (χ1n) is 5.85. The van der Waals surface area contributed by atoms with Crippen LogP contribution < -0.4 is 5.44 Å². The lowest BCUT2D eigenvalue weighted by atomic mass is 10.0. The Kier molecular flexibility index (Phi) is 4.80. The molecule has 0 spiro atoms. The van der Waals surface area contributed by atoms with Crippen molar-refractivity contribution in [3.8, 4) is 0 Å². The van der Waals surface area contributed by atoms with E-state index in [-0.39, 0.29) is 5.44 Å². The van der Waals surface area contributed by atoms with Gasteiger partial charge in [-0.2, -0.15) is 0 Å². The summed E-state index contributed by atoms with van der Waals surface area (Å²) in [5.74, 6) is 0. The van der Waals surface area contributed by atoms with Crippen LogP contribution in [0.1, 0.15) is 27.7 Å². The number of para-hydroxylation sites is 2. The molecular formula is C13H19N2O3P. The molecule has 2 aromatic rings. The molecule has 0 saturated heterocycles. The monoisotopic (exact) mass is 282 g/mol. The van der Waals surface area contributed by atoms with E-state index in [1.807, 2.05) is 0 Å². The normalized spacial score (nSPS) is 11.9. The third-order valence-electron chi connectivity index (χ3n) is 1.73. The predicted octanol–water partition coefficient (Wildman–Crippen LogP) is 2.49. The molecule has 0 bridgehead atoms. The van der Waals surface area contributed by atoms with Gasteiger partial charge >= 0.3 is 7.60 Å². The second kappa shape index (κ2) is 5.78. The van der Waals surface area contributed by atoms with Crippen molar-refractivity contribution in [1.82, 2.24) is 9.97 Å². The number of hydrogen-bond acceptors (Lipinski definition) is 3. The van der Waals surface area contributed by atoms with Gasteiger partial charge in [-0.3, -0.25) is 9.55 Å². The van der Waals surface area contributed by atoms with E-state index in [0.29, 0.717) is 16.4 Å². The molecule has 19 heavy (non-hydrogen) atoms. The van der Waals surface area contributed by atoms with E-state index in [1.165, 1.54) is 0 Å². The summed E-state index contributed by atoms with van der Waals surface area (Å²) in [5, 5.41) is 0. The Morgan fingerprint density at radius 3 is 2.00 bits per heavy atom. The van der Waals surface area contributed by atoms with Gasteiger partial charge in [0.2, 0.25) is 0 Å². The Labute approximate surface area is 112 Å². The molecule has 0 fully saturated rings. The Bertz CT molecular complexity index is 596. The van der Waals surface area contributed by atoms with Gasteiger partial charge in [-0.25, -0.2) is 4.98 Å². The highest BCUT2D eigenvalue weighted by Crippen LogP contribution is 2.31. The van der Waals surface area contributed by atoms with Crippen LogP contribution in [0.25, 0.3) is 11.0 Å². The lowest BCUT2D eigenvalue weighted by Crippen LogP contribution is -2.09. The molecule has 0 aliphatic heterocycles. The van der Waals surface area contributed by atoms with Gasteiger partial charge in [-0.05, 0) is 17.5 Å². The predicted molar refractivity (Wildman–Crippen MR) is 76.3 cm³/mol. The summed E-state index contributed by atoms with van der Waals surface area (Å²) >= 11 is 0. The number of aromatic nitrogens is 2. The molecule has 1 aromatic carbocycles. The van der Waals surface area contributed by atoms with Gasteiger partial charge in [-0.1, -0.05) is 39.8 Å². The first-order valence-corrected chi connectivity index (χ1v) is 7.46. The fourth-order valence-corrected chi connectivity index (χ4v) is 1.53. The topological polar surface area (TPSA) is 83.3 Å². The van der Waals surface area contributed by atoms with Crippen molar-refractivity contribution in [2.45, 2.75) is 27.7 Å². The zero-order valence-corrected chi connectivity index (χ0v) is 12.4. The number of hydrogen-bond donors (Lipinski definition) is 2. The minimum atomic E-state index is -4.30. The van der Waals surface area contributed by atoms with Crippen LogP contribution in [0.4, 0.5) is 0 Å². The highest BCUT2D eigenvalue weighted by molar-refractivity contribution is 7.60. The van der Waals surface area contributed by atoms with Crippen LogP contribution in [-0.4, -0.2) is 19.8 Å². The van der Waals surface area contributed by atoms with Gasteiger partial charge in [0.05, 0.1) is 17.2 Å². The van der Waals surface area contributed by atoms with Crippen molar-refractivity contribution in [3.05, 3.63) is 30.5 Å². The Morgan fingerprint density at radius 2 is 1.53 bits per heavy atom. The Balaban J connectivity index is 0.000000312. The van der Waals surface area contributed by atoms with Crippen molar-refractivity contribution >= 4 is 24.1 Å². The van der Waals surface area contributed by atoms with Gasteiger partial charge in [0.15, 0.2) is 5.44 Å². The Hall–Kier alpha value is -1.29. The molecule has 2 N–H and O–H groups in total. The van der Waals surface area contributed by atoms with Crippen LogP contribution in [0.5, 0.6) is 0 Å². The van der Waals surface area contributed by atoms with Gasteiger partial charge < -0.3 is 9.79 Å². The molecule has 104 valence electrons. The molecule has 6 heteroatoms. The smallest absolute Gasteiger partial charge is 0.320 e. The highest BCUT2D eigenvalue weighted by Gasteiger charge is 2.19. The fraction of sp³-hybridized carbons (Fsp3) is 0.385. The number of benzene rings is 1. The fourth-order valence-electron chi connectivity index (χ4n) is 1.09. The van der Waals surface area contributed by atoms with Crippen LogP contribution >= 0.6 is 7.60 Å². The molecule has 1 aromatic heterocycles. The number of rotatable bonds is 1. The van der Waals surface area contributed by atoms with Crippen molar-refractivity contribution in [1.29, 1.82) is 0 Å². The zero-order valence-electron chi connectivity index (χ0n) is 11.5. The maximum absolute atomic E-state index is 10.9. The summed E-state index contributed by atoms with van der Waals surface area (Å²) in [4.78, 5) is 25.4. The minimum absolute atomic E-state index is 0.295. The quantitative estimate of drug-likeness (QED) is 0.785. The first kappa shape index (κ1) is 15.8. The number of nitrogens with zero attached hydrogens (tertiary/aromatic N) is 2. The summed E-state index contributed by atoms with van der Waals surface area (Å²) in [7, 11) is -4.30. The second-order valence-electron chi connectivity index (χ2n) is 5.76. The van der Waals surface area contributed by atoms with E-state index in [9.17, 15) is 4.57 Å². The molecule has 0 saturated carbocycles. The molecule has 5 nitrogen and oxygen atoms in total. The summed E-state index contributed by atoms with van der Waals surface area (Å²) in [6.45, 7) is 8.75. The van der Waals surface area contributed by atoms with Gasteiger partial charge in [0.25, 0.3) is 0 Å². The molecule has 0 aliphatic rings. The van der Waals surface area contributed by atoms with E-state index >= 15 is 0 Å². The highest BCUT2D eigenvalue weighted by atomic mass is 31.2. The largest absolute Gasteiger partial charge is 0.376 e. The third-order valence-corrected chi connectivity index (χ3v) is 2.55. The van der Waals surface area contributed by atoms with Crippen molar-refractivity contribution in [2.75, 3.05) is 0 Å². The molecule has 1 heterocycles. The van der Waals surface area contributed by atoms with Gasteiger partial charge in [0, 0.05) is 0 Å². The van der Waals surface area contributed by atoms with Crippen LogP contribution in [0.2, 0.25) is 0 Å². The van der Waals surface area contributed by atoms with E-state index < -0.39 is 7.60 Å². The lowest BCUT2D eigenvalue weighted by Gasteiger charge is -2.05. The first-order chi connectivity index (χ1) is 8.57. The van der Waals surface area contributed by atoms with Crippen molar-refractivity contribution in [2.24, 2.45) is 5.41 Å². The Morgan fingerprint density at radius 1 is 1.05 bits per heavy atom. The summed E-state index contributed by atoms with van der Waals surface area (Å²) < 4.78 is 10.9. The summed E-state index contributed by atoms with van der Waals surface area (Å²) in [6, 6.07) is 6.90. The molecule has 0 amide bonds. The molecule has 2 rings (SSSR count). The van der Waals surface area contributed by atoms with Crippen molar-refractivity contribution < 1.29 is 14.4 Å². The lowest BCUT2D eigenvalue weighted by molar-refractivity contribution is 0.386. The SMILES string of the molecule is CC(C)(C)C.O=P(O)(O)c1cnc2ccccc2n1. The molecule has 0 radical (unpaired) electrons. The average molecular weight is 282 g/mol. The molecular weight excluding hydrogens is 263 g/mol. The van der Waals surface area contributed by atoms with E-state index in [4.69, 9.17) is 9.79 Å².